The average Bonchev–Trinajstić information content (AvgIpc) is 3.37. The van der Waals surface area contributed by atoms with Crippen molar-refractivity contribution in [3.8, 4) is 11.5 Å². The lowest BCUT2D eigenvalue weighted by atomic mass is 10.1. The second-order valence-corrected chi connectivity index (χ2v) is 8.43. The number of benzene rings is 1. The largest absolute Gasteiger partial charge is 0.454 e. The predicted octanol–water partition coefficient (Wildman–Crippen LogP) is 3.68. The van der Waals surface area contributed by atoms with Gasteiger partial charge in [-0.15, -0.1) is 0 Å². The number of aryl methyl sites for hydroxylation is 1. The molecule has 1 aliphatic rings. The quantitative estimate of drug-likeness (QED) is 0.580. The summed E-state index contributed by atoms with van der Waals surface area (Å²) < 4.78 is 12.8. The Morgan fingerprint density at radius 1 is 1.13 bits per heavy atom. The third-order valence-corrected chi connectivity index (χ3v) is 5.36. The van der Waals surface area contributed by atoms with Crippen LogP contribution in [0.4, 0.5) is 0 Å². The van der Waals surface area contributed by atoms with Crippen molar-refractivity contribution in [1.82, 2.24) is 14.4 Å². The Kier molecular flexibility index (Phi) is 7.60. The van der Waals surface area contributed by atoms with E-state index in [4.69, 9.17) is 9.47 Å². The summed E-state index contributed by atoms with van der Waals surface area (Å²) >= 11 is 0. The molecule has 0 bridgehead atoms. The minimum absolute atomic E-state index is 0.0376. The number of ether oxygens (including phenoxy) is 2. The van der Waals surface area contributed by atoms with Crippen LogP contribution in [0.1, 0.15) is 49.7 Å². The zero-order chi connectivity index (χ0) is 22.4. The van der Waals surface area contributed by atoms with Gasteiger partial charge in [-0.25, -0.2) is 0 Å². The van der Waals surface area contributed by atoms with E-state index in [1.54, 1.807) is 23.1 Å². The fourth-order valence-corrected chi connectivity index (χ4v) is 3.63. The van der Waals surface area contributed by atoms with Crippen molar-refractivity contribution in [2.75, 3.05) is 26.4 Å². The van der Waals surface area contributed by atoms with E-state index >= 15 is 0 Å². The number of carbonyl (C=O) groups excluding carboxylic acids is 2. The molecule has 0 fully saturated rings. The number of aromatic nitrogens is 1. The summed E-state index contributed by atoms with van der Waals surface area (Å²) in [6, 6.07) is 9.17. The molecule has 0 saturated carbocycles. The molecule has 0 N–H and O–H groups in total. The highest BCUT2D eigenvalue weighted by Crippen LogP contribution is 2.32. The summed E-state index contributed by atoms with van der Waals surface area (Å²) in [6.45, 7) is 8.13. The first kappa shape index (κ1) is 22.7. The number of rotatable bonds is 10. The molecule has 1 aliphatic heterocycles. The number of hydrogen-bond acceptors (Lipinski definition) is 4. The molecule has 0 radical (unpaired) electrons. The molecule has 0 atom stereocenters. The summed E-state index contributed by atoms with van der Waals surface area (Å²) in [5, 5.41) is 0. The van der Waals surface area contributed by atoms with Gasteiger partial charge in [-0.3, -0.25) is 9.59 Å². The van der Waals surface area contributed by atoms with Crippen LogP contribution in [0.2, 0.25) is 0 Å². The van der Waals surface area contributed by atoms with E-state index in [9.17, 15) is 9.59 Å². The topological polar surface area (TPSA) is 64.0 Å². The van der Waals surface area contributed by atoms with Gasteiger partial charge in [0.15, 0.2) is 11.5 Å². The Balaban J connectivity index is 1.76. The molecule has 1 aromatic heterocycles. The van der Waals surface area contributed by atoms with Crippen molar-refractivity contribution >= 4 is 11.8 Å². The lowest BCUT2D eigenvalue weighted by molar-refractivity contribution is -0.132. The van der Waals surface area contributed by atoms with Gasteiger partial charge in [-0.2, -0.15) is 0 Å². The molecule has 0 aliphatic carbocycles. The van der Waals surface area contributed by atoms with E-state index in [2.05, 4.69) is 6.92 Å². The van der Waals surface area contributed by atoms with Crippen LogP contribution in [-0.4, -0.2) is 52.6 Å². The second-order valence-electron chi connectivity index (χ2n) is 8.43. The average molecular weight is 428 g/mol. The van der Waals surface area contributed by atoms with Crippen LogP contribution < -0.4 is 9.47 Å². The summed E-state index contributed by atoms with van der Waals surface area (Å²) in [6.07, 6.45) is 3.91. The number of unbranched alkanes of at least 4 members (excludes halogenated alkanes) is 1. The number of carbonyl (C=O) groups is 2. The monoisotopic (exact) mass is 427 g/mol. The SMILES string of the molecule is CCCCN(Cc1cccn1C)C(=O)CN(CC(C)C)C(=O)c1ccc2c(c1)OCO2. The van der Waals surface area contributed by atoms with Gasteiger partial charge in [-0.1, -0.05) is 27.2 Å². The molecule has 168 valence electrons. The number of hydrogen-bond donors (Lipinski definition) is 0. The summed E-state index contributed by atoms with van der Waals surface area (Å²) in [7, 11) is 1.98. The molecule has 1 aromatic carbocycles. The van der Waals surface area contributed by atoms with E-state index in [0.29, 0.717) is 36.7 Å². The smallest absolute Gasteiger partial charge is 0.254 e. The Hall–Kier alpha value is -2.96. The van der Waals surface area contributed by atoms with Gasteiger partial charge in [0, 0.05) is 37.6 Å². The number of amides is 2. The van der Waals surface area contributed by atoms with E-state index in [1.165, 1.54) is 0 Å². The maximum absolute atomic E-state index is 13.3. The van der Waals surface area contributed by atoms with Crippen LogP contribution in [-0.2, 0) is 18.4 Å². The van der Waals surface area contributed by atoms with Crippen molar-refractivity contribution < 1.29 is 19.1 Å². The zero-order valence-electron chi connectivity index (χ0n) is 19.0. The van der Waals surface area contributed by atoms with Crippen LogP contribution in [0.5, 0.6) is 11.5 Å². The van der Waals surface area contributed by atoms with E-state index in [1.807, 2.05) is 48.7 Å². The van der Waals surface area contributed by atoms with Crippen LogP contribution in [0.25, 0.3) is 0 Å². The first-order chi connectivity index (χ1) is 14.9. The predicted molar refractivity (Wildman–Crippen MR) is 119 cm³/mol. The van der Waals surface area contributed by atoms with Gasteiger partial charge in [0.25, 0.3) is 5.91 Å². The van der Waals surface area contributed by atoms with Gasteiger partial charge in [0.2, 0.25) is 12.7 Å². The lowest BCUT2D eigenvalue weighted by Crippen LogP contribution is -2.44. The molecule has 0 unspecified atom stereocenters. The fraction of sp³-hybridized carbons (Fsp3) is 0.500. The molecule has 3 rings (SSSR count). The molecule has 0 spiro atoms. The zero-order valence-corrected chi connectivity index (χ0v) is 19.0. The maximum atomic E-state index is 13.3. The summed E-state index contributed by atoms with van der Waals surface area (Å²) in [4.78, 5) is 30.1. The van der Waals surface area contributed by atoms with Crippen molar-refractivity contribution in [3.63, 3.8) is 0 Å². The Labute approximate surface area is 184 Å². The minimum Gasteiger partial charge on any atom is -0.454 e. The van der Waals surface area contributed by atoms with Crippen molar-refractivity contribution in [2.24, 2.45) is 13.0 Å². The first-order valence-corrected chi connectivity index (χ1v) is 11.0. The van der Waals surface area contributed by atoms with Gasteiger partial charge in [-0.05, 0) is 42.7 Å². The highest BCUT2D eigenvalue weighted by atomic mass is 16.7. The molecule has 2 aromatic rings. The van der Waals surface area contributed by atoms with Crippen LogP contribution in [0.15, 0.2) is 36.5 Å². The van der Waals surface area contributed by atoms with E-state index < -0.39 is 0 Å². The highest BCUT2D eigenvalue weighted by Gasteiger charge is 2.25. The number of fused-ring (bicyclic) bond motifs is 1. The van der Waals surface area contributed by atoms with Crippen LogP contribution in [0, 0.1) is 5.92 Å². The van der Waals surface area contributed by atoms with Gasteiger partial charge >= 0.3 is 0 Å². The molecule has 7 heteroatoms. The molecular formula is C24H33N3O4. The second kappa shape index (κ2) is 10.4. The Morgan fingerprint density at radius 2 is 1.90 bits per heavy atom. The number of nitrogens with zero attached hydrogens (tertiary/aromatic N) is 3. The van der Waals surface area contributed by atoms with E-state index in [0.717, 1.165) is 18.5 Å². The normalized spacial score (nSPS) is 12.3. The third-order valence-electron chi connectivity index (χ3n) is 5.36. The van der Waals surface area contributed by atoms with Gasteiger partial charge in [0.1, 0.15) is 6.54 Å². The standard InChI is InChI=1S/C24H33N3O4/c1-5-6-12-26(15-20-8-7-11-25(20)4)23(28)16-27(14-18(2)3)24(29)19-9-10-21-22(13-19)31-17-30-21/h7-11,13,18H,5-6,12,14-17H2,1-4H3. The fourth-order valence-electron chi connectivity index (χ4n) is 3.63. The molecule has 31 heavy (non-hydrogen) atoms. The first-order valence-electron chi connectivity index (χ1n) is 11.0. The van der Waals surface area contributed by atoms with E-state index in [-0.39, 0.29) is 31.1 Å². The third kappa shape index (κ3) is 5.81. The Morgan fingerprint density at radius 3 is 2.58 bits per heavy atom. The molecule has 0 saturated heterocycles. The lowest BCUT2D eigenvalue weighted by Gasteiger charge is -2.29. The molecule has 2 heterocycles. The van der Waals surface area contributed by atoms with Crippen LogP contribution >= 0.6 is 0 Å². The van der Waals surface area contributed by atoms with Crippen molar-refractivity contribution in [1.29, 1.82) is 0 Å². The molecule has 7 nitrogen and oxygen atoms in total. The molecule has 2 amide bonds. The van der Waals surface area contributed by atoms with Gasteiger partial charge in [0.05, 0.1) is 6.54 Å². The van der Waals surface area contributed by atoms with Gasteiger partial charge < -0.3 is 23.8 Å². The van der Waals surface area contributed by atoms with Crippen molar-refractivity contribution in [3.05, 3.63) is 47.8 Å². The minimum atomic E-state index is -0.172. The summed E-state index contributed by atoms with van der Waals surface area (Å²) in [5.41, 5.74) is 1.57. The molecular weight excluding hydrogens is 394 g/mol. The van der Waals surface area contributed by atoms with Crippen molar-refractivity contribution in [2.45, 2.75) is 40.2 Å². The van der Waals surface area contributed by atoms with Crippen LogP contribution in [0.3, 0.4) is 0 Å². The highest BCUT2D eigenvalue weighted by molar-refractivity contribution is 5.97. The maximum Gasteiger partial charge on any atom is 0.254 e. The summed E-state index contributed by atoms with van der Waals surface area (Å²) in [5.74, 6) is 1.23. The Bertz CT molecular complexity index is 906.